The van der Waals surface area contributed by atoms with E-state index in [1.807, 2.05) is 16.7 Å². The SMILES string of the molecule is CCC(C)C1CCC(C2CC3=CCCC4=C(C5CC=CCC5)CC(CC)C(C34)C2C)CC1. The number of hydrogen-bond donors (Lipinski definition) is 0. The van der Waals surface area contributed by atoms with Crippen LogP contribution in [0.3, 0.4) is 0 Å². The lowest BCUT2D eigenvalue weighted by Crippen LogP contribution is -2.46. The van der Waals surface area contributed by atoms with Gasteiger partial charge in [0, 0.05) is 5.92 Å². The van der Waals surface area contributed by atoms with Crippen molar-refractivity contribution < 1.29 is 0 Å². The molecule has 2 fully saturated rings. The molecule has 7 unspecified atom stereocenters. The first kappa shape index (κ1) is 23.0. The molecule has 0 aromatic heterocycles. The van der Waals surface area contributed by atoms with Crippen LogP contribution in [0.15, 0.2) is 34.9 Å². The molecule has 0 radical (unpaired) electrons. The van der Waals surface area contributed by atoms with Crippen molar-refractivity contribution in [1.82, 2.24) is 0 Å². The summed E-state index contributed by atoms with van der Waals surface area (Å²) in [6, 6.07) is 0. The van der Waals surface area contributed by atoms with E-state index in [2.05, 4.69) is 45.9 Å². The minimum atomic E-state index is 0.839. The fourth-order valence-corrected chi connectivity index (χ4v) is 9.29. The van der Waals surface area contributed by atoms with Gasteiger partial charge in [-0.3, -0.25) is 0 Å². The summed E-state index contributed by atoms with van der Waals surface area (Å²) in [5, 5.41) is 0. The Balaban J connectivity index is 1.39. The van der Waals surface area contributed by atoms with Crippen molar-refractivity contribution in [2.45, 2.75) is 111 Å². The quantitative estimate of drug-likeness (QED) is 0.378. The van der Waals surface area contributed by atoms with Crippen LogP contribution in [0, 0.1) is 53.3 Å². The highest BCUT2D eigenvalue weighted by molar-refractivity contribution is 5.38. The van der Waals surface area contributed by atoms with Crippen LogP contribution < -0.4 is 0 Å². The van der Waals surface area contributed by atoms with Gasteiger partial charge in [0.1, 0.15) is 0 Å². The Kier molecular flexibility index (Phi) is 7.06. The largest absolute Gasteiger partial charge is 0.0885 e. The maximum atomic E-state index is 2.74. The lowest BCUT2D eigenvalue weighted by Gasteiger charge is -2.55. The molecular weight excluding hydrogens is 384 g/mol. The van der Waals surface area contributed by atoms with Gasteiger partial charge in [0.05, 0.1) is 0 Å². The molecule has 0 aromatic rings. The minimum Gasteiger partial charge on any atom is -0.0885 e. The van der Waals surface area contributed by atoms with E-state index in [9.17, 15) is 0 Å². The lowest BCUT2D eigenvalue weighted by atomic mass is 9.50. The predicted molar refractivity (Wildman–Crippen MR) is 138 cm³/mol. The van der Waals surface area contributed by atoms with E-state index in [4.69, 9.17) is 0 Å². The van der Waals surface area contributed by atoms with Crippen molar-refractivity contribution in [2.24, 2.45) is 53.3 Å². The number of rotatable bonds is 5. The summed E-state index contributed by atoms with van der Waals surface area (Å²) in [6.45, 7) is 10.1. The van der Waals surface area contributed by atoms with Gasteiger partial charge in [-0.25, -0.2) is 0 Å². The Bertz CT molecular complexity index is 742. The van der Waals surface area contributed by atoms with Crippen LogP contribution in [0.4, 0.5) is 0 Å². The highest BCUT2D eigenvalue weighted by Gasteiger charge is 2.50. The molecule has 0 heterocycles. The first-order chi connectivity index (χ1) is 15.6. The van der Waals surface area contributed by atoms with E-state index in [0.717, 1.165) is 53.3 Å². The average molecular weight is 435 g/mol. The van der Waals surface area contributed by atoms with E-state index in [1.54, 1.807) is 0 Å². The van der Waals surface area contributed by atoms with Gasteiger partial charge in [-0.1, -0.05) is 75.5 Å². The molecule has 5 aliphatic carbocycles. The minimum absolute atomic E-state index is 0.839. The smallest absolute Gasteiger partial charge is 0.00436 e. The number of hydrogen-bond acceptors (Lipinski definition) is 0. The standard InChI is InChI=1S/C32H50/c1-5-21(3)24-15-17-26(18-16-24)29-20-27-13-10-14-28-30(25-11-8-7-9-12-25)19-23(6-2)31(22(29)4)32(27)28/h7-8,13,21-26,29,31-32H,5-6,9-12,14-20H2,1-4H3. The van der Waals surface area contributed by atoms with Gasteiger partial charge in [-0.05, 0) is 118 Å². The maximum Gasteiger partial charge on any atom is 0.00436 e. The molecule has 2 saturated carbocycles. The summed E-state index contributed by atoms with van der Waals surface area (Å²) in [5.41, 5.74) is 5.82. The van der Waals surface area contributed by atoms with E-state index in [0.29, 0.717) is 0 Å². The van der Waals surface area contributed by atoms with Crippen molar-refractivity contribution >= 4 is 0 Å². The molecule has 0 nitrogen and oxygen atoms in total. The van der Waals surface area contributed by atoms with E-state index >= 15 is 0 Å². The predicted octanol–water partition coefficient (Wildman–Crippen LogP) is 9.53. The van der Waals surface area contributed by atoms with Crippen LogP contribution >= 0.6 is 0 Å². The highest BCUT2D eigenvalue weighted by atomic mass is 14.5. The second kappa shape index (κ2) is 9.84. The van der Waals surface area contributed by atoms with Crippen molar-refractivity contribution in [3.63, 3.8) is 0 Å². The van der Waals surface area contributed by atoms with Gasteiger partial charge in [-0.15, -0.1) is 0 Å². The third-order valence-corrected chi connectivity index (χ3v) is 11.3. The molecule has 0 N–H and O–H groups in total. The van der Waals surface area contributed by atoms with Gasteiger partial charge >= 0.3 is 0 Å². The van der Waals surface area contributed by atoms with Crippen LogP contribution in [0.2, 0.25) is 0 Å². The molecule has 0 aromatic carbocycles. The number of allylic oxidation sites excluding steroid dienone is 6. The Morgan fingerprint density at radius 2 is 1.75 bits per heavy atom. The third kappa shape index (κ3) is 4.11. The second-order valence-electron chi connectivity index (χ2n) is 12.6. The lowest BCUT2D eigenvalue weighted by molar-refractivity contribution is 0.0357. The molecule has 0 saturated heterocycles. The van der Waals surface area contributed by atoms with E-state index < -0.39 is 0 Å². The maximum absolute atomic E-state index is 2.74. The zero-order valence-corrected chi connectivity index (χ0v) is 21.6. The Labute approximate surface area is 199 Å². The van der Waals surface area contributed by atoms with Gasteiger partial charge < -0.3 is 0 Å². The molecular formula is C32H50. The summed E-state index contributed by atoms with van der Waals surface area (Å²) >= 11 is 0. The molecule has 0 heteroatoms. The van der Waals surface area contributed by atoms with Crippen LogP contribution in [0.1, 0.15) is 111 Å². The Morgan fingerprint density at radius 1 is 0.938 bits per heavy atom. The summed E-state index contributed by atoms with van der Waals surface area (Å²) < 4.78 is 0. The molecule has 5 aliphatic rings. The monoisotopic (exact) mass is 434 g/mol. The van der Waals surface area contributed by atoms with Crippen LogP contribution in [0.25, 0.3) is 0 Å². The molecule has 0 aliphatic heterocycles. The first-order valence-corrected chi connectivity index (χ1v) is 14.7. The zero-order valence-electron chi connectivity index (χ0n) is 21.6. The van der Waals surface area contributed by atoms with Crippen LogP contribution in [-0.4, -0.2) is 0 Å². The van der Waals surface area contributed by atoms with Crippen molar-refractivity contribution in [1.29, 1.82) is 0 Å². The molecule has 0 spiro atoms. The van der Waals surface area contributed by atoms with Crippen LogP contribution in [-0.2, 0) is 0 Å². The topological polar surface area (TPSA) is 0 Å². The molecule has 0 amide bonds. The average Bonchev–Trinajstić information content (AvgIpc) is 2.85. The highest BCUT2D eigenvalue weighted by Crippen LogP contribution is 2.60. The van der Waals surface area contributed by atoms with E-state index in [-0.39, 0.29) is 0 Å². The zero-order chi connectivity index (χ0) is 22.2. The van der Waals surface area contributed by atoms with Gasteiger partial charge in [0.2, 0.25) is 0 Å². The molecule has 178 valence electrons. The summed E-state index contributed by atoms with van der Waals surface area (Å²) in [5.74, 6) is 8.42. The van der Waals surface area contributed by atoms with Gasteiger partial charge in [0.25, 0.3) is 0 Å². The Morgan fingerprint density at radius 3 is 2.44 bits per heavy atom. The molecule has 5 rings (SSSR count). The van der Waals surface area contributed by atoms with Crippen molar-refractivity contribution in [2.75, 3.05) is 0 Å². The molecule has 7 atom stereocenters. The fourth-order valence-electron chi connectivity index (χ4n) is 9.29. The first-order valence-electron chi connectivity index (χ1n) is 14.7. The second-order valence-corrected chi connectivity index (χ2v) is 12.6. The molecule has 0 bridgehead atoms. The van der Waals surface area contributed by atoms with Gasteiger partial charge in [0.15, 0.2) is 0 Å². The van der Waals surface area contributed by atoms with Gasteiger partial charge in [-0.2, -0.15) is 0 Å². The third-order valence-electron chi connectivity index (χ3n) is 11.3. The summed E-state index contributed by atoms with van der Waals surface area (Å²) in [7, 11) is 0. The Hall–Kier alpha value is -0.780. The van der Waals surface area contributed by atoms with E-state index in [1.165, 1.54) is 83.5 Å². The fraction of sp³-hybridized carbons (Fsp3) is 0.812. The molecule has 32 heavy (non-hydrogen) atoms. The van der Waals surface area contributed by atoms with Crippen molar-refractivity contribution in [3.05, 3.63) is 34.9 Å². The van der Waals surface area contributed by atoms with Crippen LogP contribution in [0.5, 0.6) is 0 Å². The summed E-state index contributed by atoms with van der Waals surface area (Å²) in [6.07, 6.45) is 26.1. The summed E-state index contributed by atoms with van der Waals surface area (Å²) in [4.78, 5) is 0. The van der Waals surface area contributed by atoms with Crippen molar-refractivity contribution in [3.8, 4) is 0 Å². The normalized spacial score (nSPS) is 42.9.